The number of nitrogens with zero attached hydrogens (tertiary/aromatic N) is 5. The number of carbonyl (C=O) groups is 1. The van der Waals surface area contributed by atoms with Crippen molar-refractivity contribution in [2.24, 2.45) is 0 Å². The molecule has 7 heteroatoms. The van der Waals surface area contributed by atoms with Gasteiger partial charge in [-0.3, -0.25) is 4.79 Å². The summed E-state index contributed by atoms with van der Waals surface area (Å²) in [5.74, 6) is -0.0113. The van der Waals surface area contributed by atoms with Gasteiger partial charge in [-0.25, -0.2) is 4.68 Å². The molecule has 0 aliphatic carbocycles. The highest BCUT2D eigenvalue weighted by Gasteiger charge is 2.21. The van der Waals surface area contributed by atoms with Gasteiger partial charge < -0.3 is 4.90 Å². The molecule has 2 heterocycles. The Morgan fingerprint density at radius 1 is 1.35 bits per heavy atom. The number of rotatable bonds is 2. The highest BCUT2D eigenvalue weighted by atomic mass is 35.5. The number of carbonyl (C=O) groups excluding carboxylic acids is 1. The van der Waals surface area contributed by atoms with Crippen LogP contribution in [0.15, 0.2) is 24.5 Å². The first kappa shape index (κ1) is 13.1. The fraction of sp³-hybridized carbons (Fsp3) is 0.385. The van der Waals surface area contributed by atoms with Gasteiger partial charge >= 0.3 is 0 Å². The molecule has 104 valence electrons. The van der Waals surface area contributed by atoms with Crippen LogP contribution in [0.4, 0.5) is 5.69 Å². The smallest absolute Gasteiger partial charge is 0.248 e. The van der Waals surface area contributed by atoms with Crippen molar-refractivity contribution < 1.29 is 4.79 Å². The minimum Gasteiger partial charge on any atom is -0.311 e. The molecule has 0 spiro atoms. The number of fused-ring (bicyclic) bond motifs is 1. The minimum atomic E-state index is -0.0113. The maximum Gasteiger partial charge on any atom is 0.248 e. The zero-order valence-electron chi connectivity index (χ0n) is 10.9. The van der Waals surface area contributed by atoms with E-state index in [4.69, 9.17) is 11.6 Å². The summed E-state index contributed by atoms with van der Waals surface area (Å²) < 4.78 is 1.43. The van der Waals surface area contributed by atoms with Crippen molar-refractivity contribution in [1.29, 1.82) is 0 Å². The summed E-state index contributed by atoms with van der Waals surface area (Å²) in [6.45, 7) is 0.866. The summed E-state index contributed by atoms with van der Waals surface area (Å²) in [5.41, 5.74) is 2.07. The van der Waals surface area contributed by atoms with Crippen LogP contribution in [-0.4, -0.2) is 32.7 Å². The van der Waals surface area contributed by atoms with Crippen molar-refractivity contribution in [1.82, 2.24) is 20.2 Å². The second-order valence-corrected chi connectivity index (χ2v) is 5.22. The van der Waals surface area contributed by atoms with Crippen LogP contribution >= 0.6 is 11.6 Å². The summed E-state index contributed by atoms with van der Waals surface area (Å²) in [6.07, 6.45) is 4.43. The third kappa shape index (κ3) is 2.65. The first-order valence-corrected chi connectivity index (χ1v) is 6.91. The average Bonchev–Trinajstić information content (AvgIpc) is 2.84. The van der Waals surface area contributed by atoms with Crippen LogP contribution in [0.2, 0.25) is 5.02 Å². The van der Waals surface area contributed by atoms with E-state index >= 15 is 0 Å². The van der Waals surface area contributed by atoms with Crippen molar-refractivity contribution in [3.05, 3.63) is 35.1 Å². The molecule has 2 aromatic rings. The summed E-state index contributed by atoms with van der Waals surface area (Å²) in [5, 5.41) is 11.5. The van der Waals surface area contributed by atoms with Gasteiger partial charge in [-0.05, 0) is 53.5 Å². The lowest BCUT2D eigenvalue weighted by molar-refractivity contribution is -0.119. The lowest BCUT2D eigenvalue weighted by Gasteiger charge is -2.22. The van der Waals surface area contributed by atoms with Crippen LogP contribution in [0, 0.1) is 0 Å². The zero-order valence-corrected chi connectivity index (χ0v) is 11.6. The van der Waals surface area contributed by atoms with Crippen molar-refractivity contribution in [2.45, 2.75) is 25.8 Å². The van der Waals surface area contributed by atoms with Gasteiger partial charge in [0, 0.05) is 17.3 Å². The SMILES string of the molecule is O=C(Cn1cnnn1)N1CCCCc2cc(Cl)ccc21. The van der Waals surface area contributed by atoms with Crippen molar-refractivity contribution in [3.8, 4) is 0 Å². The lowest BCUT2D eigenvalue weighted by atomic mass is 10.1. The molecule has 0 unspecified atom stereocenters. The highest BCUT2D eigenvalue weighted by molar-refractivity contribution is 6.30. The van der Waals surface area contributed by atoms with Gasteiger partial charge in [0.25, 0.3) is 0 Å². The van der Waals surface area contributed by atoms with Crippen molar-refractivity contribution in [2.75, 3.05) is 11.4 Å². The Balaban J connectivity index is 1.87. The van der Waals surface area contributed by atoms with Crippen LogP contribution in [0.5, 0.6) is 0 Å². The van der Waals surface area contributed by atoms with E-state index in [0.717, 1.165) is 37.1 Å². The van der Waals surface area contributed by atoms with E-state index in [1.807, 2.05) is 18.2 Å². The molecule has 1 aromatic heterocycles. The van der Waals surface area contributed by atoms with Crippen LogP contribution in [0.1, 0.15) is 18.4 Å². The number of hydrogen-bond acceptors (Lipinski definition) is 4. The monoisotopic (exact) mass is 291 g/mol. The quantitative estimate of drug-likeness (QED) is 0.845. The second-order valence-electron chi connectivity index (χ2n) is 4.78. The molecule has 3 rings (SSSR count). The molecule has 1 amide bonds. The largest absolute Gasteiger partial charge is 0.311 e. The molecule has 0 radical (unpaired) electrons. The summed E-state index contributed by atoms with van der Waals surface area (Å²) >= 11 is 6.04. The molecule has 0 N–H and O–H groups in total. The van der Waals surface area contributed by atoms with E-state index in [9.17, 15) is 4.79 Å². The van der Waals surface area contributed by atoms with E-state index in [0.29, 0.717) is 5.02 Å². The van der Waals surface area contributed by atoms with Crippen LogP contribution in [0.3, 0.4) is 0 Å². The van der Waals surface area contributed by atoms with Crippen molar-refractivity contribution >= 4 is 23.2 Å². The summed E-state index contributed by atoms with van der Waals surface area (Å²) in [4.78, 5) is 14.2. The molecule has 20 heavy (non-hydrogen) atoms. The Hall–Kier alpha value is -1.95. The van der Waals surface area contributed by atoms with Gasteiger partial charge in [-0.2, -0.15) is 0 Å². The predicted molar refractivity (Wildman–Crippen MR) is 74.6 cm³/mol. The van der Waals surface area contributed by atoms with Crippen molar-refractivity contribution in [3.63, 3.8) is 0 Å². The maximum absolute atomic E-state index is 12.4. The normalized spacial score (nSPS) is 14.8. The Morgan fingerprint density at radius 3 is 3.05 bits per heavy atom. The molecular formula is C13H14ClN5O. The highest BCUT2D eigenvalue weighted by Crippen LogP contribution is 2.29. The fourth-order valence-corrected chi connectivity index (χ4v) is 2.65. The molecule has 1 aliphatic rings. The number of aryl methyl sites for hydroxylation is 1. The average molecular weight is 292 g/mol. The molecule has 0 saturated heterocycles. The number of halogens is 1. The summed E-state index contributed by atoms with van der Waals surface area (Å²) in [7, 11) is 0. The topological polar surface area (TPSA) is 63.9 Å². The molecule has 1 aromatic carbocycles. The number of aromatic nitrogens is 4. The number of benzene rings is 1. The van der Waals surface area contributed by atoms with E-state index in [2.05, 4.69) is 15.5 Å². The number of tetrazole rings is 1. The van der Waals surface area contributed by atoms with Crippen LogP contribution in [0.25, 0.3) is 0 Å². The fourth-order valence-electron chi connectivity index (χ4n) is 2.46. The number of hydrogen-bond donors (Lipinski definition) is 0. The lowest BCUT2D eigenvalue weighted by Crippen LogP contribution is -2.34. The van der Waals surface area contributed by atoms with Crippen LogP contribution in [-0.2, 0) is 17.8 Å². The Morgan fingerprint density at radius 2 is 2.25 bits per heavy atom. The van der Waals surface area contributed by atoms with Gasteiger partial charge in [-0.15, -0.1) is 5.10 Å². The van der Waals surface area contributed by atoms with Gasteiger partial charge in [0.05, 0.1) is 0 Å². The first-order chi connectivity index (χ1) is 9.74. The maximum atomic E-state index is 12.4. The third-order valence-corrected chi connectivity index (χ3v) is 3.64. The van der Waals surface area contributed by atoms with Gasteiger partial charge in [-0.1, -0.05) is 11.6 Å². The van der Waals surface area contributed by atoms with Gasteiger partial charge in [0.2, 0.25) is 5.91 Å². The van der Waals surface area contributed by atoms with Gasteiger partial charge in [0.1, 0.15) is 12.9 Å². The van der Waals surface area contributed by atoms with E-state index in [-0.39, 0.29) is 12.5 Å². The number of anilines is 1. The molecule has 0 atom stereocenters. The predicted octanol–water partition coefficient (Wildman–Crippen LogP) is 1.70. The Kier molecular flexibility index (Phi) is 3.64. The number of amides is 1. The summed E-state index contributed by atoms with van der Waals surface area (Å²) in [6, 6.07) is 5.68. The zero-order chi connectivity index (χ0) is 13.9. The molecule has 6 nitrogen and oxygen atoms in total. The van der Waals surface area contributed by atoms with E-state index in [1.165, 1.54) is 11.0 Å². The molecule has 1 aliphatic heterocycles. The standard InChI is InChI=1S/C13H14ClN5O/c14-11-4-5-12-10(7-11)3-1-2-6-19(12)13(20)8-18-9-15-16-17-18/h4-5,7,9H,1-3,6,8H2. The third-order valence-electron chi connectivity index (χ3n) is 3.40. The Bertz CT molecular complexity index is 613. The Labute approximate surface area is 121 Å². The molecular weight excluding hydrogens is 278 g/mol. The molecule has 0 saturated carbocycles. The van der Waals surface area contributed by atoms with E-state index in [1.54, 1.807) is 4.90 Å². The first-order valence-electron chi connectivity index (χ1n) is 6.53. The van der Waals surface area contributed by atoms with E-state index < -0.39 is 0 Å². The molecule has 0 fully saturated rings. The second kappa shape index (κ2) is 5.58. The van der Waals surface area contributed by atoms with Gasteiger partial charge in [0.15, 0.2) is 0 Å². The van der Waals surface area contributed by atoms with Crippen LogP contribution < -0.4 is 4.90 Å². The minimum absolute atomic E-state index is 0.0113. The molecule has 0 bridgehead atoms.